The van der Waals surface area contributed by atoms with Crippen molar-refractivity contribution in [2.75, 3.05) is 28.4 Å². The van der Waals surface area contributed by atoms with Crippen molar-refractivity contribution in [2.24, 2.45) is 0 Å². The van der Waals surface area contributed by atoms with Crippen molar-refractivity contribution < 1.29 is 28.5 Å². The lowest BCUT2D eigenvalue weighted by atomic mass is 9.66. The molecule has 14 heteroatoms. The molecule has 4 heterocycles. The first-order valence-electron chi connectivity index (χ1n) is 27.7. The molecule has 4 aliphatic carbocycles. The van der Waals surface area contributed by atoms with Crippen LogP contribution in [0.2, 0.25) is 0 Å². The number of hydrogen-bond donors (Lipinski definition) is 0. The number of carbonyl (C=O) groups is 2. The topological polar surface area (TPSA) is 127 Å². The number of thiophene rings is 4. The third-order valence-corrected chi connectivity index (χ3v) is 22.2. The van der Waals surface area contributed by atoms with Gasteiger partial charge in [0.05, 0.1) is 74.0 Å². The summed E-state index contributed by atoms with van der Waals surface area (Å²) in [7, 11) is 6.71. The highest BCUT2D eigenvalue weighted by atomic mass is 32.1. The van der Waals surface area contributed by atoms with E-state index in [-0.39, 0.29) is 23.0 Å². The van der Waals surface area contributed by atoms with Crippen LogP contribution in [0, 0.1) is 35.8 Å². The van der Waals surface area contributed by atoms with Crippen molar-refractivity contribution in [1.82, 2.24) is 0 Å². The van der Waals surface area contributed by atoms with Crippen LogP contribution in [0.25, 0.3) is 72.7 Å². The Morgan fingerprint density at radius 3 is 1.10 bits per heavy atom. The molecule has 0 saturated heterocycles. The van der Waals surface area contributed by atoms with Crippen LogP contribution in [-0.4, -0.2) is 40.0 Å². The molecule has 88 heavy (non-hydrogen) atoms. The second-order valence-electron chi connectivity index (χ2n) is 21.4. The molecule has 0 spiro atoms. The predicted molar refractivity (Wildman–Crippen MR) is 350 cm³/mol. The zero-order valence-electron chi connectivity index (χ0n) is 47.2. The minimum Gasteiger partial charge on any atom is -0.497 e. The van der Waals surface area contributed by atoms with Gasteiger partial charge in [0.2, 0.25) is 0 Å². The fourth-order valence-corrected chi connectivity index (χ4v) is 19.3. The van der Waals surface area contributed by atoms with Crippen LogP contribution in [0.3, 0.4) is 0 Å². The van der Waals surface area contributed by atoms with Crippen molar-refractivity contribution in [3.63, 3.8) is 0 Å². The summed E-state index contributed by atoms with van der Waals surface area (Å²) in [6, 6.07) is 60.6. The lowest BCUT2D eigenvalue weighted by Crippen LogP contribution is -2.30. The number of nitriles is 2. The molecule has 7 aromatic carbocycles. The van der Waals surface area contributed by atoms with Crippen molar-refractivity contribution in [3.05, 3.63) is 292 Å². The van der Waals surface area contributed by atoms with Crippen molar-refractivity contribution in [3.8, 4) is 56.0 Å². The highest BCUT2D eigenvalue weighted by Gasteiger charge is 2.55. The predicted octanol–water partition coefficient (Wildman–Crippen LogP) is 17.9. The van der Waals surface area contributed by atoms with Crippen molar-refractivity contribution in [1.29, 1.82) is 10.5 Å². The summed E-state index contributed by atoms with van der Waals surface area (Å²) in [6.07, 6.45) is 3.69. The first-order valence-corrected chi connectivity index (χ1v) is 31.0. The molecule has 0 atom stereocenters. The van der Waals surface area contributed by atoms with Gasteiger partial charge in [0.1, 0.15) is 23.0 Å². The molecule has 0 aliphatic heterocycles. The Balaban J connectivity index is 1.04. The van der Waals surface area contributed by atoms with Gasteiger partial charge in [-0.3, -0.25) is 9.59 Å². The number of Topliss-reactive ketones (excluding diaryl/α,β-unsaturated/α-hetero) is 2. The second-order valence-corrected chi connectivity index (χ2v) is 25.7. The number of nitrogens with zero attached hydrogens (tertiary/aromatic N) is 4. The Bertz CT molecular complexity index is 4830. The number of ether oxygens (including phenoxy) is 4. The monoisotopic (exact) mass is 1210 g/mol. The first kappa shape index (κ1) is 54.0. The Kier molecular flexibility index (Phi) is 12.6. The Hall–Kier alpha value is -10.7. The van der Waals surface area contributed by atoms with Gasteiger partial charge in [-0.1, -0.05) is 97.1 Å². The molecule has 15 rings (SSSR count). The van der Waals surface area contributed by atoms with Gasteiger partial charge in [-0.25, -0.2) is 20.2 Å². The van der Waals surface area contributed by atoms with Gasteiger partial charge in [0, 0.05) is 73.5 Å². The van der Waals surface area contributed by atoms with Crippen LogP contribution in [-0.2, 0) is 10.8 Å². The lowest BCUT2D eigenvalue weighted by molar-refractivity contribution is 0.103. The molecule has 0 amide bonds. The van der Waals surface area contributed by atoms with E-state index in [1.165, 1.54) is 0 Å². The van der Waals surface area contributed by atoms with E-state index in [9.17, 15) is 20.1 Å². The van der Waals surface area contributed by atoms with E-state index >= 15 is 0 Å². The maximum absolute atomic E-state index is 14.4. The van der Waals surface area contributed by atoms with E-state index in [1.54, 1.807) is 110 Å². The summed E-state index contributed by atoms with van der Waals surface area (Å²) >= 11 is 6.53. The fourth-order valence-electron chi connectivity index (χ4n) is 13.8. The van der Waals surface area contributed by atoms with Crippen LogP contribution in [0.4, 0.5) is 0 Å². The molecular weight excluding hydrogens is 1170 g/mol. The normalized spacial score (nSPS) is 16.5. The number of rotatable bonds is 10. The first-order chi connectivity index (χ1) is 43.1. The summed E-state index contributed by atoms with van der Waals surface area (Å²) < 4.78 is 28.3. The van der Waals surface area contributed by atoms with Crippen LogP contribution in [0.15, 0.2) is 192 Å². The van der Waals surface area contributed by atoms with E-state index < -0.39 is 10.8 Å². The largest absolute Gasteiger partial charge is 0.497 e. The molecule has 4 aliphatic rings. The molecule has 0 fully saturated rings. The smallest absolute Gasteiger partial charge is 0.270 e. The SMILES string of the molecule is [C-]#[N+]/C(C#N)=C1\C(=C\c2cc3sc4c(c3s2)C(c2cccc(OC)c2)(c2cccc(OC)c2)c2cc3c(cc2-4)C(c2cccc(OC)c2)(c2cccc(OC)c2)c2c-3sc3cc(/C=C4\C(=O)c5ccccc5\C4=C(\C#N)[N+]#[C-])sc23)C(=O)c2ccccc21. The van der Waals surface area contributed by atoms with E-state index in [2.05, 4.69) is 94.6 Å². The lowest BCUT2D eigenvalue weighted by Gasteiger charge is -2.36. The van der Waals surface area contributed by atoms with Crippen LogP contribution < -0.4 is 18.9 Å². The van der Waals surface area contributed by atoms with Crippen molar-refractivity contribution >= 4 is 99.0 Å². The van der Waals surface area contributed by atoms with Crippen LogP contribution in [0.1, 0.15) is 86.1 Å². The van der Waals surface area contributed by atoms with Gasteiger partial charge >= 0.3 is 0 Å². The minimum absolute atomic E-state index is 0.140. The van der Waals surface area contributed by atoms with Gasteiger partial charge in [0.25, 0.3) is 11.4 Å². The number of fused-ring (bicyclic) bond motifs is 12. The van der Waals surface area contributed by atoms with Crippen LogP contribution in [0.5, 0.6) is 23.0 Å². The number of allylic oxidation sites excluding steroid dienone is 6. The molecule has 0 saturated carbocycles. The molecule has 0 bridgehead atoms. The molecule has 10 nitrogen and oxygen atoms in total. The third-order valence-electron chi connectivity index (χ3n) is 17.4. The molecule has 0 radical (unpaired) electrons. The van der Waals surface area contributed by atoms with Gasteiger partial charge in [0.15, 0.2) is 11.6 Å². The number of carbonyl (C=O) groups excluding carboxylic acids is 2. The molecule has 0 N–H and O–H groups in total. The second kappa shape index (κ2) is 20.5. The minimum atomic E-state index is -1.02. The van der Waals surface area contributed by atoms with Crippen molar-refractivity contribution in [2.45, 2.75) is 10.8 Å². The zero-order chi connectivity index (χ0) is 60.3. The molecular formula is C74H42N4O6S4. The van der Waals surface area contributed by atoms with Gasteiger partial charge in [-0.15, -0.1) is 45.3 Å². The van der Waals surface area contributed by atoms with E-state index in [0.717, 1.165) is 93.9 Å². The molecule has 418 valence electrons. The maximum Gasteiger partial charge on any atom is 0.270 e. The average molecular weight is 1210 g/mol. The zero-order valence-corrected chi connectivity index (χ0v) is 50.5. The number of benzene rings is 7. The van der Waals surface area contributed by atoms with Crippen LogP contribution >= 0.6 is 45.3 Å². The highest BCUT2D eigenvalue weighted by Crippen LogP contribution is 2.68. The van der Waals surface area contributed by atoms with E-state index in [1.807, 2.05) is 72.8 Å². The van der Waals surface area contributed by atoms with Gasteiger partial charge < -0.3 is 18.9 Å². The summed E-state index contributed by atoms with van der Waals surface area (Å²) in [5, 5.41) is 20.5. The summed E-state index contributed by atoms with van der Waals surface area (Å²) in [6.45, 7) is 16.0. The number of hydrogen-bond acceptors (Lipinski definition) is 12. The van der Waals surface area contributed by atoms with Gasteiger partial charge in [-0.2, -0.15) is 0 Å². The molecule has 4 aromatic heterocycles. The standard InChI is InChI=1S/C74H42N4O6S4/c1-77-59(37-75)63-49-23-7-9-25-51(49)67(79)55(63)31-47-33-61-71(85-47)65-69(87-61)53-35-58-54(36-57(53)73(65,39-15-11-19-43(27-39)81-3)40-16-12-20-44(28-40)82-4)70-66(74(58,41-17-13-21-45(29-41)83-5)42-18-14-22-46(30-42)84-6)72-62(88-70)34-48(86-72)32-56-64(60(38-76)78-2)50-24-8-10-26-52(50)68(56)80/h7-36H,3-6H3/b55-31-,56-32-,63-59-,64-60+. The Morgan fingerprint density at radius 1 is 0.443 bits per heavy atom. The number of ketones is 2. The quantitative estimate of drug-likeness (QED) is 0.0752. The number of methoxy groups -OCH3 is 4. The summed E-state index contributed by atoms with van der Waals surface area (Å²) in [5.41, 5.74) is 11.1. The maximum atomic E-state index is 14.4. The van der Waals surface area contributed by atoms with Gasteiger partial charge in [-0.05, 0) is 141 Å². The fraction of sp³-hybridized carbons (Fsp3) is 0.0811. The molecule has 0 unspecified atom stereocenters. The highest BCUT2D eigenvalue weighted by molar-refractivity contribution is 7.31. The van der Waals surface area contributed by atoms with E-state index in [0.29, 0.717) is 67.5 Å². The summed E-state index contributed by atoms with van der Waals surface area (Å²) in [5.74, 6) is 2.23. The Labute approximate surface area is 521 Å². The molecule has 11 aromatic rings. The third kappa shape index (κ3) is 7.51. The average Bonchev–Trinajstić information content (AvgIpc) is 1.54. The summed E-state index contributed by atoms with van der Waals surface area (Å²) in [4.78, 5) is 39.7. The Morgan fingerprint density at radius 2 is 0.784 bits per heavy atom. The van der Waals surface area contributed by atoms with E-state index in [4.69, 9.17) is 32.1 Å².